The molecule has 0 amide bonds. The van der Waals surface area contributed by atoms with E-state index in [0.717, 1.165) is 48.8 Å². The average Bonchev–Trinajstić information content (AvgIpc) is 2.47. The number of benzene rings is 1. The second-order valence-corrected chi connectivity index (χ2v) is 5.56. The molecule has 112 valence electrons. The van der Waals surface area contributed by atoms with Gasteiger partial charge in [-0.15, -0.1) is 6.58 Å². The predicted octanol–water partition coefficient (Wildman–Crippen LogP) is 4.82. The first-order chi connectivity index (χ1) is 10.2. The first-order valence-corrected chi connectivity index (χ1v) is 7.68. The van der Waals surface area contributed by atoms with Gasteiger partial charge in [0, 0.05) is 12.6 Å². The maximum atomic E-state index is 12.7. The molecule has 0 saturated heterocycles. The zero-order valence-corrected chi connectivity index (χ0v) is 12.7. The Morgan fingerprint density at radius 1 is 1.24 bits per heavy atom. The number of alkyl halides is 1. The van der Waals surface area contributed by atoms with Crippen LogP contribution in [0.5, 0.6) is 0 Å². The van der Waals surface area contributed by atoms with Crippen LogP contribution in [0.3, 0.4) is 0 Å². The summed E-state index contributed by atoms with van der Waals surface area (Å²) in [6.07, 6.45) is 8.57. The van der Waals surface area contributed by atoms with Gasteiger partial charge in [-0.3, -0.25) is 4.98 Å². The smallest absolute Gasteiger partial charge is 0.0973 e. The van der Waals surface area contributed by atoms with E-state index in [2.05, 4.69) is 28.7 Å². The van der Waals surface area contributed by atoms with Crippen LogP contribution in [0.2, 0.25) is 0 Å². The molecule has 1 atom stereocenters. The van der Waals surface area contributed by atoms with Crippen LogP contribution >= 0.6 is 0 Å². The Morgan fingerprint density at radius 2 is 2.10 bits per heavy atom. The van der Waals surface area contributed by atoms with Crippen molar-refractivity contribution < 1.29 is 4.39 Å². The summed E-state index contributed by atoms with van der Waals surface area (Å²) in [4.78, 5) is 9.03. The number of aromatic nitrogens is 2. The van der Waals surface area contributed by atoms with Gasteiger partial charge in [-0.05, 0) is 43.9 Å². The molecular formula is C18H23FN2. The summed E-state index contributed by atoms with van der Waals surface area (Å²) < 4.78 is 12.7. The molecule has 0 radical (unpaired) electrons. The molecule has 2 nitrogen and oxygen atoms in total. The highest BCUT2D eigenvalue weighted by atomic mass is 19.1. The Hall–Kier alpha value is -1.77. The molecule has 2 aromatic rings. The van der Waals surface area contributed by atoms with Gasteiger partial charge < -0.3 is 0 Å². The SMILES string of the molecule is C=CCc1cnc2cc(CCCCCC(C)F)ccc2n1. The molecule has 2 rings (SSSR count). The number of hydrogen-bond acceptors (Lipinski definition) is 2. The molecule has 1 aromatic heterocycles. The van der Waals surface area contributed by atoms with Gasteiger partial charge in [0.05, 0.1) is 22.9 Å². The highest BCUT2D eigenvalue weighted by Crippen LogP contribution is 2.15. The van der Waals surface area contributed by atoms with Crippen molar-refractivity contribution in [3.63, 3.8) is 0 Å². The number of rotatable bonds is 8. The van der Waals surface area contributed by atoms with Crippen molar-refractivity contribution in [1.82, 2.24) is 9.97 Å². The number of unbranched alkanes of at least 4 members (excludes halogenated alkanes) is 2. The van der Waals surface area contributed by atoms with Crippen molar-refractivity contribution in [2.24, 2.45) is 0 Å². The third kappa shape index (κ3) is 4.92. The Morgan fingerprint density at radius 3 is 2.86 bits per heavy atom. The Kier molecular flexibility index (Phi) is 5.85. The van der Waals surface area contributed by atoms with Crippen LogP contribution in [-0.4, -0.2) is 16.1 Å². The van der Waals surface area contributed by atoms with E-state index >= 15 is 0 Å². The maximum absolute atomic E-state index is 12.7. The minimum Gasteiger partial charge on any atom is -0.253 e. The molecule has 1 aromatic carbocycles. The van der Waals surface area contributed by atoms with E-state index in [9.17, 15) is 4.39 Å². The zero-order valence-electron chi connectivity index (χ0n) is 12.7. The summed E-state index contributed by atoms with van der Waals surface area (Å²) in [5.74, 6) is 0. The van der Waals surface area contributed by atoms with Gasteiger partial charge in [0.15, 0.2) is 0 Å². The van der Waals surface area contributed by atoms with Crippen LogP contribution < -0.4 is 0 Å². The van der Waals surface area contributed by atoms with Crippen LogP contribution in [0.4, 0.5) is 4.39 Å². The molecule has 0 fully saturated rings. The van der Waals surface area contributed by atoms with Crippen molar-refractivity contribution in [3.05, 3.63) is 48.3 Å². The summed E-state index contributed by atoms with van der Waals surface area (Å²) >= 11 is 0. The molecule has 0 aliphatic carbocycles. The Bertz CT molecular complexity index is 593. The fourth-order valence-electron chi connectivity index (χ4n) is 2.43. The van der Waals surface area contributed by atoms with E-state index in [1.165, 1.54) is 5.56 Å². The minimum absolute atomic E-state index is 0.675. The second-order valence-electron chi connectivity index (χ2n) is 5.56. The lowest BCUT2D eigenvalue weighted by molar-refractivity contribution is 0.330. The number of nitrogens with zero attached hydrogens (tertiary/aromatic N) is 2. The lowest BCUT2D eigenvalue weighted by Gasteiger charge is -2.05. The zero-order chi connectivity index (χ0) is 15.1. The van der Waals surface area contributed by atoms with E-state index in [-0.39, 0.29) is 0 Å². The third-order valence-corrected chi connectivity index (χ3v) is 3.58. The standard InChI is InChI=1S/C18H23FN2/c1-3-7-16-13-20-18-12-15(10-11-17(18)21-16)9-6-4-5-8-14(2)19/h3,10-14H,1,4-9H2,2H3. The number of allylic oxidation sites excluding steroid dienone is 1. The predicted molar refractivity (Wildman–Crippen MR) is 86.2 cm³/mol. The third-order valence-electron chi connectivity index (χ3n) is 3.58. The minimum atomic E-state index is -0.675. The number of hydrogen-bond donors (Lipinski definition) is 0. The van der Waals surface area contributed by atoms with Gasteiger partial charge in [-0.2, -0.15) is 0 Å². The van der Waals surface area contributed by atoms with Gasteiger partial charge in [0.2, 0.25) is 0 Å². The molecule has 21 heavy (non-hydrogen) atoms. The Labute approximate surface area is 126 Å². The molecule has 1 unspecified atom stereocenters. The summed E-state index contributed by atoms with van der Waals surface area (Å²) in [6, 6.07) is 6.26. The number of fused-ring (bicyclic) bond motifs is 1. The van der Waals surface area contributed by atoms with Gasteiger partial charge in [0.25, 0.3) is 0 Å². The van der Waals surface area contributed by atoms with E-state index in [1.807, 2.05) is 18.3 Å². The van der Waals surface area contributed by atoms with Crippen LogP contribution in [0.1, 0.15) is 43.9 Å². The lowest BCUT2D eigenvalue weighted by Crippen LogP contribution is -1.94. The maximum Gasteiger partial charge on any atom is 0.0973 e. The molecular weight excluding hydrogens is 263 g/mol. The quantitative estimate of drug-likeness (QED) is 0.513. The first kappa shape index (κ1) is 15.6. The largest absolute Gasteiger partial charge is 0.253 e. The van der Waals surface area contributed by atoms with Crippen molar-refractivity contribution in [2.45, 2.75) is 51.6 Å². The molecule has 0 bridgehead atoms. The molecule has 0 aliphatic rings. The fourth-order valence-corrected chi connectivity index (χ4v) is 2.43. The average molecular weight is 286 g/mol. The number of aryl methyl sites for hydroxylation is 1. The van der Waals surface area contributed by atoms with Crippen LogP contribution in [0.15, 0.2) is 37.1 Å². The lowest BCUT2D eigenvalue weighted by atomic mass is 10.0. The second kappa shape index (κ2) is 7.87. The van der Waals surface area contributed by atoms with Crippen molar-refractivity contribution >= 4 is 11.0 Å². The highest BCUT2D eigenvalue weighted by Gasteiger charge is 2.02. The van der Waals surface area contributed by atoms with Crippen molar-refractivity contribution in [1.29, 1.82) is 0 Å². The topological polar surface area (TPSA) is 25.8 Å². The van der Waals surface area contributed by atoms with E-state index < -0.39 is 6.17 Å². The van der Waals surface area contributed by atoms with Gasteiger partial charge in [-0.25, -0.2) is 9.37 Å². The molecule has 0 N–H and O–H groups in total. The first-order valence-electron chi connectivity index (χ1n) is 7.68. The van der Waals surface area contributed by atoms with Crippen molar-refractivity contribution in [3.8, 4) is 0 Å². The van der Waals surface area contributed by atoms with E-state index in [0.29, 0.717) is 6.42 Å². The summed E-state index contributed by atoms with van der Waals surface area (Å²) in [7, 11) is 0. The normalized spacial score (nSPS) is 12.5. The van der Waals surface area contributed by atoms with Crippen molar-refractivity contribution in [2.75, 3.05) is 0 Å². The Balaban J connectivity index is 1.93. The molecule has 1 heterocycles. The van der Waals surface area contributed by atoms with Gasteiger partial charge in [-0.1, -0.05) is 25.0 Å². The van der Waals surface area contributed by atoms with Gasteiger partial charge >= 0.3 is 0 Å². The summed E-state index contributed by atoms with van der Waals surface area (Å²) in [6.45, 7) is 5.35. The van der Waals surface area contributed by atoms with Crippen LogP contribution in [0.25, 0.3) is 11.0 Å². The highest BCUT2D eigenvalue weighted by molar-refractivity contribution is 5.74. The molecule has 3 heteroatoms. The molecule has 0 spiro atoms. The molecule has 0 aliphatic heterocycles. The van der Waals surface area contributed by atoms with Gasteiger partial charge in [0.1, 0.15) is 0 Å². The summed E-state index contributed by atoms with van der Waals surface area (Å²) in [5, 5.41) is 0. The fraction of sp³-hybridized carbons (Fsp3) is 0.444. The van der Waals surface area contributed by atoms with Crippen LogP contribution in [-0.2, 0) is 12.8 Å². The van der Waals surface area contributed by atoms with E-state index in [1.54, 1.807) is 6.92 Å². The van der Waals surface area contributed by atoms with Crippen LogP contribution in [0, 0.1) is 0 Å². The number of halogens is 1. The molecule has 0 saturated carbocycles. The monoisotopic (exact) mass is 286 g/mol. The van der Waals surface area contributed by atoms with E-state index in [4.69, 9.17) is 0 Å². The summed E-state index contributed by atoms with van der Waals surface area (Å²) in [5.41, 5.74) is 4.11.